The minimum Gasteiger partial charge on any atom is -0.462 e. The van der Waals surface area contributed by atoms with Gasteiger partial charge in [-0.15, -0.1) is 0 Å². The van der Waals surface area contributed by atoms with Crippen molar-refractivity contribution in [1.29, 1.82) is 0 Å². The second-order valence-corrected chi connectivity index (χ2v) is 8.54. The summed E-state index contributed by atoms with van der Waals surface area (Å²) in [4.78, 5) is 23.5. The van der Waals surface area contributed by atoms with E-state index in [-0.39, 0.29) is 28.1 Å². The van der Waals surface area contributed by atoms with Crippen molar-refractivity contribution < 1.29 is 27.5 Å². The maximum Gasteiger partial charge on any atom is 0.338 e. The lowest BCUT2D eigenvalue weighted by Crippen LogP contribution is -2.49. The fourth-order valence-corrected chi connectivity index (χ4v) is 4.85. The lowest BCUT2D eigenvalue weighted by Gasteiger charge is -2.34. The fraction of sp³-hybridized carbons (Fsp3) is 0.500. The van der Waals surface area contributed by atoms with Gasteiger partial charge in [-0.3, -0.25) is 4.79 Å². The lowest BCUT2D eigenvalue weighted by atomic mass is 9.80. The van der Waals surface area contributed by atoms with E-state index in [1.165, 1.54) is 18.2 Å². The molecule has 0 atom stereocenters. The molecule has 1 aliphatic heterocycles. The van der Waals surface area contributed by atoms with E-state index in [4.69, 9.17) is 15.2 Å². The Hall–Kier alpha value is -1.49. The summed E-state index contributed by atoms with van der Waals surface area (Å²) in [6, 6.07) is 4.06. The number of nitrogens with one attached hydrogen (secondary N) is 1. The summed E-state index contributed by atoms with van der Waals surface area (Å²) in [5.74, 6) is -1.10. The average molecular weight is 449 g/mol. The highest BCUT2D eigenvalue weighted by atomic mass is 79.9. The number of primary amides is 1. The maximum absolute atomic E-state index is 12.6. The molecule has 8 nitrogen and oxygen atoms in total. The van der Waals surface area contributed by atoms with Crippen LogP contribution in [0.4, 0.5) is 0 Å². The van der Waals surface area contributed by atoms with Crippen molar-refractivity contribution >= 4 is 37.8 Å². The predicted octanol–water partition coefficient (Wildman–Crippen LogP) is 1.19. The number of hydrogen-bond acceptors (Lipinski definition) is 6. The molecule has 1 fully saturated rings. The van der Waals surface area contributed by atoms with E-state index in [9.17, 15) is 18.0 Å². The standard InChI is InChI=1S/C16H21BrN2O6S/c1-2-25-14(20)11-3-4-13(12(17)9-11)26(22,23)19-10-16(15(18)21)5-7-24-8-6-16/h3-4,9,19H,2,5-8,10H2,1H3,(H2,18,21). The molecule has 1 aromatic carbocycles. The molecule has 2 rings (SSSR count). The molecule has 0 unspecified atom stereocenters. The third kappa shape index (κ3) is 4.61. The molecule has 1 aromatic rings. The molecule has 0 aliphatic carbocycles. The van der Waals surface area contributed by atoms with Crippen molar-refractivity contribution in [1.82, 2.24) is 4.72 Å². The molecular formula is C16H21BrN2O6S. The maximum atomic E-state index is 12.6. The van der Waals surface area contributed by atoms with Crippen LogP contribution >= 0.6 is 15.9 Å². The molecule has 26 heavy (non-hydrogen) atoms. The van der Waals surface area contributed by atoms with Crippen LogP contribution in [-0.4, -0.2) is 46.7 Å². The van der Waals surface area contributed by atoms with E-state index in [1.54, 1.807) is 6.92 Å². The molecule has 0 spiro atoms. The van der Waals surface area contributed by atoms with E-state index in [0.29, 0.717) is 26.1 Å². The molecule has 3 N–H and O–H groups in total. The first-order valence-corrected chi connectivity index (χ1v) is 10.3. The van der Waals surface area contributed by atoms with Crippen LogP contribution in [0.2, 0.25) is 0 Å². The van der Waals surface area contributed by atoms with Gasteiger partial charge in [-0.1, -0.05) is 0 Å². The molecule has 10 heteroatoms. The monoisotopic (exact) mass is 448 g/mol. The largest absolute Gasteiger partial charge is 0.462 e. The SMILES string of the molecule is CCOC(=O)c1ccc(S(=O)(=O)NCC2(C(N)=O)CCOCC2)c(Br)c1. The van der Waals surface area contributed by atoms with Crippen molar-refractivity contribution in [2.24, 2.45) is 11.1 Å². The van der Waals surface area contributed by atoms with E-state index >= 15 is 0 Å². The molecule has 0 bridgehead atoms. The molecular weight excluding hydrogens is 428 g/mol. The highest BCUT2D eigenvalue weighted by Gasteiger charge is 2.39. The second kappa shape index (κ2) is 8.47. The highest BCUT2D eigenvalue weighted by Crippen LogP contribution is 2.30. The number of benzene rings is 1. The topological polar surface area (TPSA) is 125 Å². The normalized spacial score (nSPS) is 16.8. The molecule has 0 aromatic heterocycles. The number of carbonyl (C=O) groups excluding carboxylic acids is 2. The Kier molecular flexibility index (Phi) is 6.78. The van der Waals surface area contributed by atoms with Crippen LogP contribution in [0.15, 0.2) is 27.6 Å². The number of ether oxygens (including phenoxy) is 2. The van der Waals surface area contributed by atoms with Gasteiger partial charge in [-0.05, 0) is 53.9 Å². The van der Waals surface area contributed by atoms with Crippen molar-refractivity contribution in [2.45, 2.75) is 24.7 Å². The van der Waals surface area contributed by atoms with Crippen LogP contribution in [0.3, 0.4) is 0 Å². The third-order valence-corrected chi connectivity index (χ3v) is 6.68. The van der Waals surface area contributed by atoms with Crippen LogP contribution in [-0.2, 0) is 24.3 Å². The smallest absolute Gasteiger partial charge is 0.338 e. The molecule has 0 radical (unpaired) electrons. The molecule has 0 saturated carbocycles. The first-order chi connectivity index (χ1) is 12.2. The van der Waals surface area contributed by atoms with Crippen LogP contribution in [0.5, 0.6) is 0 Å². The number of rotatable bonds is 7. The van der Waals surface area contributed by atoms with Gasteiger partial charge in [0.25, 0.3) is 0 Å². The zero-order chi connectivity index (χ0) is 19.4. The zero-order valence-corrected chi connectivity index (χ0v) is 16.7. The van der Waals surface area contributed by atoms with Crippen LogP contribution in [0, 0.1) is 5.41 Å². The lowest BCUT2D eigenvalue weighted by molar-refractivity contribution is -0.132. The number of nitrogens with two attached hydrogens (primary N) is 1. The minimum absolute atomic E-state index is 0.0442. The number of amides is 1. The van der Waals surface area contributed by atoms with Gasteiger partial charge < -0.3 is 15.2 Å². The van der Waals surface area contributed by atoms with E-state index in [1.807, 2.05) is 0 Å². The molecule has 1 heterocycles. The Morgan fingerprint density at radius 2 is 2.00 bits per heavy atom. The highest BCUT2D eigenvalue weighted by molar-refractivity contribution is 9.10. The van der Waals surface area contributed by atoms with Gasteiger partial charge in [-0.2, -0.15) is 0 Å². The van der Waals surface area contributed by atoms with E-state index in [0.717, 1.165) is 0 Å². The van der Waals surface area contributed by atoms with Gasteiger partial charge in [0.15, 0.2) is 0 Å². The van der Waals surface area contributed by atoms with E-state index in [2.05, 4.69) is 20.7 Å². The van der Waals surface area contributed by atoms with Crippen LogP contribution < -0.4 is 10.5 Å². The number of hydrogen-bond donors (Lipinski definition) is 2. The number of esters is 1. The van der Waals surface area contributed by atoms with Crippen LogP contribution in [0.25, 0.3) is 0 Å². The summed E-state index contributed by atoms with van der Waals surface area (Å²) in [6.45, 7) is 2.49. The van der Waals surface area contributed by atoms with Crippen molar-refractivity contribution in [3.8, 4) is 0 Å². The van der Waals surface area contributed by atoms with Gasteiger partial charge in [-0.25, -0.2) is 17.9 Å². The number of sulfonamides is 1. The van der Waals surface area contributed by atoms with Crippen molar-refractivity contribution in [2.75, 3.05) is 26.4 Å². The van der Waals surface area contributed by atoms with Crippen LogP contribution in [0.1, 0.15) is 30.1 Å². The molecule has 144 valence electrons. The van der Waals surface area contributed by atoms with Gasteiger partial charge in [0.2, 0.25) is 15.9 Å². The minimum atomic E-state index is -3.91. The Morgan fingerprint density at radius 3 is 2.54 bits per heavy atom. The average Bonchev–Trinajstić information content (AvgIpc) is 2.60. The summed E-state index contributed by atoms with van der Waals surface area (Å²) >= 11 is 3.17. The van der Waals surface area contributed by atoms with Gasteiger partial charge in [0.1, 0.15) is 0 Å². The first-order valence-electron chi connectivity index (χ1n) is 8.06. The third-order valence-electron chi connectivity index (χ3n) is 4.31. The van der Waals surface area contributed by atoms with Gasteiger partial charge in [0, 0.05) is 24.2 Å². The van der Waals surface area contributed by atoms with Gasteiger partial charge in [0.05, 0.1) is 22.5 Å². The number of halogens is 1. The Morgan fingerprint density at radius 1 is 1.35 bits per heavy atom. The summed E-state index contributed by atoms with van der Waals surface area (Å²) in [6.07, 6.45) is 0.710. The fourth-order valence-electron chi connectivity index (χ4n) is 2.64. The summed E-state index contributed by atoms with van der Waals surface area (Å²) in [7, 11) is -3.91. The quantitative estimate of drug-likeness (QED) is 0.603. The van der Waals surface area contributed by atoms with E-state index < -0.39 is 27.3 Å². The molecule has 1 aliphatic rings. The zero-order valence-electron chi connectivity index (χ0n) is 14.3. The molecule has 1 saturated heterocycles. The number of carbonyl (C=O) groups is 2. The Bertz CT molecular complexity index is 790. The summed E-state index contributed by atoms with van der Waals surface area (Å²) in [5.41, 5.74) is 4.75. The summed E-state index contributed by atoms with van der Waals surface area (Å²) in [5, 5.41) is 0. The predicted molar refractivity (Wildman–Crippen MR) is 97.0 cm³/mol. The first kappa shape index (κ1) is 20.8. The Balaban J connectivity index is 2.19. The molecule has 1 amide bonds. The van der Waals surface area contributed by atoms with Gasteiger partial charge >= 0.3 is 5.97 Å². The second-order valence-electron chi connectivity index (χ2n) is 5.95. The summed E-state index contributed by atoms with van der Waals surface area (Å²) < 4.78 is 38.0. The van der Waals surface area contributed by atoms with Crippen molar-refractivity contribution in [3.63, 3.8) is 0 Å². The van der Waals surface area contributed by atoms with Crippen molar-refractivity contribution in [3.05, 3.63) is 28.2 Å². The Labute approximate surface area is 160 Å².